The normalized spacial score (nSPS) is 22.9. The van der Waals surface area contributed by atoms with Gasteiger partial charge in [0, 0.05) is 18.7 Å². The van der Waals surface area contributed by atoms with Crippen molar-refractivity contribution in [1.29, 1.82) is 0 Å². The number of nitrogen functional groups attached to an aromatic ring is 1. The summed E-state index contributed by atoms with van der Waals surface area (Å²) in [6.45, 7) is 3.10. The highest BCUT2D eigenvalue weighted by Crippen LogP contribution is 2.29. The lowest BCUT2D eigenvalue weighted by Crippen LogP contribution is -2.38. The van der Waals surface area contributed by atoms with Crippen LogP contribution in [0.4, 0.5) is 11.4 Å². The summed E-state index contributed by atoms with van der Waals surface area (Å²) < 4.78 is 0. The predicted octanol–water partition coefficient (Wildman–Crippen LogP) is 3.19. The lowest BCUT2D eigenvalue weighted by molar-refractivity contribution is -0.383. The SMILES string of the molecule is CC1CCCCC1N(C)Cc1ccc([N+](=O)[O-])c(N)c1. The maximum absolute atomic E-state index is 10.8. The largest absolute Gasteiger partial charge is 0.393 e. The first-order valence-electron chi connectivity index (χ1n) is 7.22. The molecule has 0 aromatic heterocycles. The fourth-order valence-electron chi connectivity index (χ4n) is 3.23. The van der Waals surface area contributed by atoms with Crippen LogP contribution in [0.1, 0.15) is 38.2 Å². The van der Waals surface area contributed by atoms with E-state index < -0.39 is 4.92 Å². The van der Waals surface area contributed by atoms with Crippen molar-refractivity contribution in [1.82, 2.24) is 4.90 Å². The van der Waals surface area contributed by atoms with Gasteiger partial charge in [-0.2, -0.15) is 0 Å². The molecular weight excluding hydrogens is 254 g/mol. The molecule has 0 radical (unpaired) electrons. The van der Waals surface area contributed by atoms with E-state index in [1.165, 1.54) is 31.7 Å². The third-order valence-corrected chi connectivity index (χ3v) is 4.35. The zero-order chi connectivity index (χ0) is 14.7. The highest BCUT2D eigenvalue weighted by Gasteiger charge is 2.25. The van der Waals surface area contributed by atoms with Gasteiger partial charge >= 0.3 is 0 Å². The molecule has 20 heavy (non-hydrogen) atoms. The van der Waals surface area contributed by atoms with E-state index in [1.807, 2.05) is 0 Å². The number of nitro benzene ring substituents is 1. The van der Waals surface area contributed by atoms with Gasteiger partial charge < -0.3 is 5.73 Å². The van der Waals surface area contributed by atoms with E-state index in [0.29, 0.717) is 12.0 Å². The number of hydrogen-bond donors (Lipinski definition) is 1. The Bertz CT molecular complexity index is 490. The van der Waals surface area contributed by atoms with Gasteiger partial charge in [-0.05, 0) is 37.4 Å². The van der Waals surface area contributed by atoms with Crippen LogP contribution in [-0.2, 0) is 6.54 Å². The van der Waals surface area contributed by atoms with Crippen LogP contribution in [0.3, 0.4) is 0 Å². The van der Waals surface area contributed by atoms with Crippen LogP contribution in [0.5, 0.6) is 0 Å². The molecule has 5 heteroatoms. The molecule has 0 bridgehead atoms. The van der Waals surface area contributed by atoms with Gasteiger partial charge in [0.1, 0.15) is 5.69 Å². The Morgan fingerprint density at radius 3 is 2.70 bits per heavy atom. The summed E-state index contributed by atoms with van der Waals surface area (Å²) in [6, 6.07) is 5.63. The second-order valence-electron chi connectivity index (χ2n) is 5.89. The van der Waals surface area contributed by atoms with E-state index in [1.54, 1.807) is 12.1 Å². The lowest BCUT2D eigenvalue weighted by Gasteiger charge is -2.36. The molecule has 2 unspecified atom stereocenters. The van der Waals surface area contributed by atoms with Crippen molar-refractivity contribution in [3.8, 4) is 0 Å². The van der Waals surface area contributed by atoms with Crippen molar-refractivity contribution in [3.05, 3.63) is 33.9 Å². The molecule has 0 saturated heterocycles. The van der Waals surface area contributed by atoms with E-state index >= 15 is 0 Å². The Kier molecular flexibility index (Phi) is 4.60. The molecule has 2 N–H and O–H groups in total. The summed E-state index contributed by atoms with van der Waals surface area (Å²) in [7, 11) is 2.13. The molecule has 0 spiro atoms. The summed E-state index contributed by atoms with van der Waals surface area (Å²) in [5.41, 5.74) is 7.02. The Morgan fingerprint density at radius 2 is 2.10 bits per heavy atom. The van der Waals surface area contributed by atoms with Gasteiger partial charge in [0.25, 0.3) is 5.69 Å². The first-order chi connectivity index (χ1) is 9.49. The van der Waals surface area contributed by atoms with Gasteiger partial charge in [0.05, 0.1) is 4.92 Å². The molecular formula is C15H23N3O2. The summed E-state index contributed by atoms with van der Waals surface area (Å²) in [5, 5.41) is 10.8. The minimum Gasteiger partial charge on any atom is -0.393 e. The van der Waals surface area contributed by atoms with Gasteiger partial charge in [-0.3, -0.25) is 15.0 Å². The second kappa shape index (κ2) is 6.22. The average Bonchev–Trinajstić information content (AvgIpc) is 2.38. The highest BCUT2D eigenvalue weighted by atomic mass is 16.6. The Morgan fingerprint density at radius 1 is 1.40 bits per heavy atom. The molecule has 1 saturated carbocycles. The smallest absolute Gasteiger partial charge is 0.292 e. The number of anilines is 1. The van der Waals surface area contributed by atoms with Gasteiger partial charge in [-0.25, -0.2) is 0 Å². The molecule has 2 rings (SSSR count). The Hall–Kier alpha value is -1.62. The standard InChI is InChI=1S/C15H23N3O2/c1-11-5-3-4-6-14(11)17(2)10-12-7-8-15(18(19)20)13(16)9-12/h7-9,11,14H,3-6,10,16H2,1-2H3. The maximum Gasteiger partial charge on any atom is 0.292 e. The minimum absolute atomic E-state index is 0.0116. The zero-order valence-electron chi connectivity index (χ0n) is 12.2. The maximum atomic E-state index is 10.8. The van der Waals surface area contributed by atoms with Crippen molar-refractivity contribution in [2.24, 2.45) is 5.92 Å². The zero-order valence-corrected chi connectivity index (χ0v) is 12.2. The van der Waals surface area contributed by atoms with Gasteiger partial charge in [-0.15, -0.1) is 0 Å². The monoisotopic (exact) mass is 277 g/mol. The summed E-state index contributed by atoms with van der Waals surface area (Å²) in [6.07, 6.45) is 5.15. The second-order valence-corrected chi connectivity index (χ2v) is 5.89. The molecule has 110 valence electrons. The first-order valence-corrected chi connectivity index (χ1v) is 7.22. The first kappa shape index (κ1) is 14.8. The van der Waals surface area contributed by atoms with Crippen molar-refractivity contribution in [3.63, 3.8) is 0 Å². The van der Waals surface area contributed by atoms with Gasteiger partial charge in [0.2, 0.25) is 0 Å². The number of rotatable bonds is 4. The molecule has 1 aliphatic rings. The number of nitrogens with zero attached hydrogens (tertiary/aromatic N) is 2. The number of hydrogen-bond acceptors (Lipinski definition) is 4. The molecule has 0 aliphatic heterocycles. The molecule has 1 aromatic rings. The molecule has 0 amide bonds. The summed E-state index contributed by atoms with van der Waals surface area (Å²) >= 11 is 0. The molecule has 2 atom stereocenters. The van der Waals surface area contributed by atoms with Crippen LogP contribution >= 0.6 is 0 Å². The fraction of sp³-hybridized carbons (Fsp3) is 0.600. The van der Waals surface area contributed by atoms with Crippen LogP contribution in [0.25, 0.3) is 0 Å². The fourth-order valence-corrected chi connectivity index (χ4v) is 3.23. The third kappa shape index (κ3) is 3.28. The number of nitrogens with two attached hydrogens (primary N) is 1. The average molecular weight is 277 g/mol. The van der Waals surface area contributed by atoms with E-state index in [-0.39, 0.29) is 11.4 Å². The van der Waals surface area contributed by atoms with E-state index in [0.717, 1.165) is 12.1 Å². The Balaban J connectivity index is 2.05. The van der Waals surface area contributed by atoms with E-state index in [4.69, 9.17) is 5.73 Å². The summed E-state index contributed by atoms with van der Waals surface area (Å²) in [4.78, 5) is 12.7. The van der Waals surface area contributed by atoms with Crippen molar-refractivity contribution < 1.29 is 4.92 Å². The third-order valence-electron chi connectivity index (χ3n) is 4.35. The number of benzene rings is 1. The van der Waals surface area contributed by atoms with Gasteiger partial charge in [0.15, 0.2) is 0 Å². The van der Waals surface area contributed by atoms with Crippen LogP contribution in [-0.4, -0.2) is 22.9 Å². The number of nitro groups is 1. The minimum atomic E-state index is -0.438. The molecule has 5 nitrogen and oxygen atoms in total. The molecule has 0 heterocycles. The van der Waals surface area contributed by atoms with Crippen LogP contribution in [0, 0.1) is 16.0 Å². The van der Waals surface area contributed by atoms with Crippen molar-refractivity contribution >= 4 is 11.4 Å². The van der Waals surface area contributed by atoms with E-state index in [9.17, 15) is 10.1 Å². The highest BCUT2D eigenvalue weighted by molar-refractivity contribution is 5.59. The lowest BCUT2D eigenvalue weighted by atomic mass is 9.85. The summed E-state index contributed by atoms with van der Waals surface area (Å²) in [5.74, 6) is 0.712. The molecule has 1 aromatic carbocycles. The van der Waals surface area contributed by atoms with Crippen LogP contribution in [0.2, 0.25) is 0 Å². The molecule has 1 fully saturated rings. The van der Waals surface area contributed by atoms with Gasteiger partial charge in [-0.1, -0.05) is 25.8 Å². The topological polar surface area (TPSA) is 72.4 Å². The molecule has 1 aliphatic carbocycles. The van der Waals surface area contributed by atoms with Crippen molar-refractivity contribution in [2.75, 3.05) is 12.8 Å². The van der Waals surface area contributed by atoms with Crippen molar-refractivity contribution in [2.45, 2.75) is 45.2 Å². The predicted molar refractivity (Wildman–Crippen MR) is 80.4 cm³/mol. The van der Waals surface area contributed by atoms with E-state index in [2.05, 4.69) is 18.9 Å². The quantitative estimate of drug-likeness (QED) is 0.521. The Labute approximate surface area is 119 Å². The van der Waals surface area contributed by atoms with Crippen LogP contribution < -0.4 is 5.73 Å². The van der Waals surface area contributed by atoms with Crippen LogP contribution in [0.15, 0.2) is 18.2 Å².